The summed E-state index contributed by atoms with van der Waals surface area (Å²) in [6, 6.07) is 20.9. The molecule has 4 aromatic rings. The van der Waals surface area contributed by atoms with Gasteiger partial charge in [0.25, 0.3) is 5.91 Å². The van der Waals surface area contributed by atoms with Crippen molar-refractivity contribution in [2.75, 3.05) is 4.90 Å². The summed E-state index contributed by atoms with van der Waals surface area (Å²) in [5.74, 6) is -0.365. The number of para-hydroxylation sites is 1. The van der Waals surface area contributed by atoms with Crippen LogP contribution in [0.25, 0.3) is 10.9 Å². The Hall–Kier alpha value is -3.08. The summed E-state index contributed by atoms with van der Waals surface area (Å²) < 4.78 is 0. The second-order valence-corrected chi connectivity index (χ2v) is 8.30. The van der Waals surface area contributed by atoms with E-state index in [1.165, 1.54) is 0 Å². The van der Waals surface area contributed by atoms with E-state index in [1.807, 2.05) is 68.4 Å². The van der Waals surface area contributed by atoms with E-state index in [4.69, 9.17) is 11.6 Å². The molecular formula is C25H21ClN2O2. The fourth-order valence-electron chi connectivity index (χ4n) is 4.55. The van der Waals surface area contributed by atoms with Gasteiger partial charge in [-0.1, -0.05) is 54.1 Å². The third-order valence-corrected chi connectivity index (χ3v) is 6.27. The number of hydrogen-bond donors (Lipinski definition) is 2. The molecule has 1 aliphatic rings. The molecule has 0 saturated heterocycles. The van der Waals surface area contributed by atoms with Crippen molar-refractivity contribution in [1.82, 2.24) is 4.98 Å². The summed E-state index contributed by atoms with van der Waals surface area (Å²) in [5.41, 5.74) is 3.74. The van der Waals surface area contributed by atoms with E-state index in [2.05, 4.69) is 4.98 Å². The maximum absolute atomic E-state index is 13.8. The lowest BCUT2D eigenvalue weighted by Gasteiger charge is -2.24. The standard InChI is InChI=1S/C25H21ClN2O2/c1-15-7-3-4-8-17(15)14-28-22-12-11-18(26)13-20(22)25(30,24(28)29)23-16(2)27-21-10-6-5-9-19(21)23/h3-13,27,30H,14H2,1-2H3. The van der Waals surface area contributed by atoms with Crippen LogP contribution in [-0.2, 0) is 16.9 Å². The zero-order valence-corrected chi connectivity index (χ0v) is 17.5. The topological polar surface area (TPSA) is 56.3 Å². The van der Waals surface area contributed by atoms with Gasteiger partial charge in [-0.25, -0.2) is 0 Å². The molecule has 0 bridgehead atoms. The predicted molar refractivity (Wildman–Crippen MR) is 120 cm³/mol. The quantitative estimate of drug-likeness (QED) is 0.481. The molecule has 150 valence electrons. The molecule has 1 aliphatic heterocycles. The average Bonchev–Trinajstić information content (AvgIpc) is 3.17. The van der Waals surface area contributed by atoms with E-state index in [9.17, 15) is 9.90 Å². The maximum Gasteiger partial charge on any atom is 0.268 e. The Bertz CT molecular complexity index is 1310. The van der Waals surface area contributed by atoms with E-state index in [0.29, 0.717) is 28.4 Å². The highest BCUT2D eigenvalue weighted by atomic mass is 35.5. The first kappa shape index (κ1) is 18.9. The van der Waals surface area contributed by atoms with Gasteiger partial charge in [0.15, 0.2) is 5.60 Å². The molecule has 1 aromatic heterocycles. The van der Waals surface area contributed by atoms with E-state index >= 15 is 0 Å². The minimum absolute atomic E-state index is 0.365. The second kappa shape index (κ2) is 6.73. The van der Waals surface area contributed by atoms with Gasteiger partial charge in [0.05, 0.1) is 12.2 Å². The van der Waals surface area contributed by atoms with Gasteiger partial charge in [0, 0.05) is 32.7 Å². The smallest absolute Gasteiger partial charge is 0.268 e. The highest BCUT2D eigenvalue weighted by Gasteiger charge is 2.53. The summed E-state index contributed by atoms with van der Waals surface area (Å²) in [7, 11) is 0. The van der Waals surface area contributed by atoms with Crippen LogP contribution in [0.2, 0.25) is 5.02 Å². The minimum atomic E-state index is -1.81. The Morgan fingerprint density at radius 1 is 1.03 bits per heavy atom. The summed E-state index contributed by atoms with van der Waals surface area (Å²) in [6.45, 7) is 4.29. The molecule has 0 aliphatic carbocycles. The van der Waals surface area contributed by atoms with Gasteiger partial charge >= 0.3 is 0 Å². The number of aliphatic hydroxyl groups is 1. The van der Waals surface area contributed by atoms with Crippen molar-refractivity contribution in [3.8, 4) is 0 Å². The molecule has 0 fully saturated rings. The van der Waals surface area contributed by atoms with Crippen LogP contribution in [-0.4, -0.2) is 16.0 Å². The van der Waals surface area contributed by atoms with Crippen LogP contribution in [0.15, 0.2) is 66.7 Å². The van der Waals surface area contributed by atoms with E-state index in [0.717, 1.165) is 27.7 Å². The molecule has 2 N–H and O–H groups in total. The Morgan fingerprint density at radius 3 is 2.57 bits per heavy atom. The third kappa shape index (κ3) is 2.61. The number of H-pyrrole nitrogens is 1. The fourth-order valence-corrected chi connectivity index (χ4v) is 4.72. The van der Waals surface area contributed by atoms with Crippen molar-refractivity contribution in [1.29, 1.82) is 0 Å². The number of fused-ring (bicyclic) bond motifs is 2. The lowest BCUT2D eigenvalue weighted by atomic mass is 9.85. The Balaban J connectivity index is 1.74. The zero-order valence-electron chi connectivity index (χ0n) is 16.7. The predicted octanol–water partition coefficient (Wildman–Crippen LogP) is 5.22. The Labute approximate surface area is 179 Å². The van der Waals surface area contributed by atoms with E-state index < -0.39 is 5.60 Å². The summed E-state index contributed by atoms with van der Waals surface area (Å²) in [6.07, 6.45) is 0. The van der Waals surface area contributed by atoms with Crippen molar-refractivity contribution in [2.24, 2.45) is 0 Å². The van der Waals surface area contributed by atoms with Gasteiger partial charge < -0.3 is 15.0 Å². The molecular weight excluding hydrogens is 396 g/mol. The first-order valence-corrected chi connectivity index (χ1v) is 10.3. The van der Waals surface area contributed by atoms with Crippen molar-refractivity contribution in [3.63, 3.8) is 0 Å². The first-order valence-electron chi connectivity index (χ1n) is 9.88. The van der Waals surface area contributed by atoms with Gasteiger partial charge in [-0.3, -0.25) is 4.79 Å². The molecule has 5 heteroatoms. The van der Waals surface area contributed by atoms with Gasteiger partial charge in [0.1, 0.15) is 0 Å². The van der Waals surface area contributed by atoms with Gasteiger partial charge in [-0.15, -0.1) is 0 Å². The molecule has 1 amide bonds. The summed E-state index contributed by atoms with van der Waals surface area (Å²) >= 11 is 6.30. The van der Waals surface area contributed by atoms with Crippen LogP contribution >= 0.6 is 11.6 Å². The number of hydrogen-bond acceptors (Lipinski definition) is 2. The van der Waals surface area contributed by atoms with Gasteiger partial charge in [0.2, 0.25) is 0 Å². The average molecular weight is 417 g/mol. The Kier molecular flexibility index (Phi) is 4.24. The van der Waals surface area contributed by atoms with E-state index in [1.54, 1.807) is 17.0 Å². The van der Waals surface area contributed by atoms with Crippen LogP contribution in [0.4, 0.5) is 5.69 Å². The number of amides is 1. The highest BCUT2D eigenvalue weighted by Crippen LogP contribution is 2.48. The number of aromatic amines is 1. The number of nitrogens with one attached hydrogen (secondary N) is 1. The number of anilines is 1. The van der Waals surface area contributed by atoms with E-state index in [-0.39, 0.29) is 5.91 Å². The van der Waals surface area contributed by atoms with Crippen molar-refractivity contribution in [2.45, 2.75) is 26.0 Å². The van der Waals surface area contributed by atoms with Gasteiger partial charge in [-0.05, 0) is 49.2 Å². The molecule has 4 nitrogen and oxygen atoms in total. The van der Waals surface area contributed by atoms with Crippen LogP contribution in [0.1, 0.15) is 27.9 Å². The zero-order chi connectivity index (χ0) is 21.0. The SMILES string of the molecule is Cc1ccccc1CN1C(=O)C(O)(c2c(C)[nH]c3ccccc23)c2cc(Cl)ccc21. The number of halogens is 1. The Morgan fingerprint density at radius 2 is 1.77 bits per heavy atom. The molecule has 30 heavy (non-hydrogen) atoms. The number of rotatable bonds is 3. The summed E-state index contributed by atoms with van der Waals surface area (Å²) in [4.78, 5) is 18.8. The van der Waals surface area contributed by atoms with Crippen molar-refractivity contribution in [3.05, 3.63) is 99.7 Å². The largest absolute Gasteiger partial charge is 0.372 e. The number of carbonyl (C=O) groups is 1. The molecule has 5 rings (SSSR count). The van der Waals surface area contributed by atoms with Crippen LogP contribution in [0.3, 0.4) is 0 Å². The molecule has 2 heterocycles. The molecule has 0 saturated carbocycles. The molecule has 0 radical (unpaired) electrons. The van der Waals surface area contributed by atoms with Gasteiger partial charge in [-0.2, -0.15) is 0 Å². The third-order valence-electron chi connectivity index (χ3n) is 6.04. The molecule has 0 spiro atoms. The van der Waals surface area contributed by atoms with Crippen LogP contribution in [0, 0.1) is 13.8 Å². The molecule has 1 atom stereocenters. The number of benzene rings is 3. The lowest BCUT2D eigenvalue weighted by Crippen LogP contribution is -2.41. The molecule has 3 aromatic carbocycles. The normalized spacial score (nSPS) is 18.3. The number of aryl methyl sites for hydroxylation is 2. The summed E-state index contributed by atoms with van der Waals surface area (Å²) in [5, 5.41) is 13.3. The monoisotopic (exact) mass is 416 g/mol. The number of aromatic nitrogens is 1. The van der Waals surface area contributed by atoms with Crippen molar-refractivity contribution >= 4 is 34.1 Å². The maximum atomic E-state index is 13.8. The first-order chi connectivity index (χ1) is 14.4. The number of nitrogens with zero attached hydrogens (tertiary/aromatic N) is 1. The van der Waals surface area contributed by atoms with Crippen molar-refractivity contribution < 1.29 is 9.90 Å². The van der Waals surface area contributed by atoms with Crippen LogP contribution in [0.5, 0.6) is 0 Å². The molecule has 1 unspecified atom stereocenters. The number of carbonyl (C=O) groups excluding carboxylic acids is 1. The fraction of sp³-hybridized carbons (Fsp3) is 0.160. The minimum Gasteiger partial charge on any atom is -0.372 e. The lowest BCUT2D eigenvalue weighted by molar-refractivity contribution is -0.132. The second-order valence-electron chi connectivity index (χ2n) is 7.86. The van der Waals surface area contributed by atoms with Crippen LogP contribution < -0.4 is 4.90 Å². The highest BCUT2D eigenvalue weighted by molar-refractivity contribution is 6.31.